The van der Waals surface area contributed by atoms with E-state index >= 15 is 0 Å². The van der Waals surface area contributed by atoms with Crippen molar-refractivity contribution < 1.29 is 19.4 Å². The largest absolute Gasteiger partial charge is 0.480 e. The van der Waals surface area contributed by atoms with Crippen molar-refractivity contribution in [1.29, 1.82) is 0 Å². The number of halogens is 1. The van der Waals surface area contributed by atoms with E-state index in [2.05, 4.69) is 10.3 Å². The second-order valence-electron chi connectivity index (χ2n) is 8.09. The minimum absolute atomic E-state index is 0.0250. The number of fused-ring (bicyclic) bond motifs is 1. The van der Waals surface area contributed by atoms with Crippen molar-refractivity contribution in [2.75, 3.05) is 0 Å². The number of nitrogens with zero attached hydrogens (tertiary/aromatic N) is 2. The molecule has 2 N–H and O–H groups in total. The van der Waals surface area contributed by atoms with Crippen LogP contribution in [0.25, 0.3) is 16.9 Å². The molecule has 0 aliphatic rings. The van der Waals surface area contributed by atoms with Gasteiger partial charge in [0.15, 0.2) is 0 Å². The molecule has 1 atom stereocenters. The van der Waals surface area contributed by atoms with Gasteiger partial charge in [0.25, 0.3) is 0 Å². The first-order valence-corrected chi connectivity index (χ1v) is 9.87. The number of aryl methyl sites for hydroxylation is 1. The zero-order valence-electron chi connectivity index (χ0n) is 17.3. The van der Waals surface area contributed by atoms with Gasteiger partial charge in [0.1, 0.15) is 17.3 Å². The summed E-state index contributed by atoms with van der Waals surface area (Å²) in [7, 11) is 0. The molecule has 8 heteroatoms. The number of imidazole rings is 1. The lowest BCUT2D eigenvalue weighted by molar-refractivity contribution is -0.139. The number of carboxylic acid groups (broad SMARTS) is 1. The van der Waals surface area contributed by atoms with Gasteiger partial charge in [0, 0.05) is 23.2 Å². The van der Waals surface area contributed by atoms with Crippen molar-refractivity contribution in [3.8, 4) is 11.3 Å². The molecule has 30 heavy (non-hydrogen) atoms. The molecule has 2 aromatic heterocycles. The molecule has 3 rings (SSSR count). The van der Waals surface area contributed by atoms with E-state index < -0.39 is 23.7 Å². The Bertz CT molecular complexity index is 1080. The number of benzene rings is 1. The summed E-state index contributed by atoms with van der Waals surface area (Å²) in [4.78, 5) is 28.8. The molecule has 0 bridgehead atoms. The lowest BCUT2D eigenvalue weighted by Gasteiger charge is -2.22. The number of hydrogen-bond donors (Lipinski definition) is 2. The molecule has 0 aliphatic carbocycles. The smallest absolute Gasteiger partial charge is 0.408 e. The first-order valence-electron chi connectivity index (χ1n) is 9.49. The van der Waals surface area contributed by atoms with Gasteiger partial charge in [0.05, 0.1) is 11.4 Å². The van der Waals surface area contributed by atoms with Crippen LogP contribution in [-0.2, 0) is 16.0 Å². The highest BCUT2D eigenvalue weighted by Gasteiger charge is 2.27. The van der Waals surface area contributed by atoms with E-state index in [1.807, 2.05) is 41.8 Å². The summed E-state index contributed by atoms with van der Waals surface area (Å²) in [6, 6.07) is 9.79. The van der Waals surface area contributed by atoms with Crippen LogP contribution in [0.2, 0.25) is 5.02 Å². The number of ether oxygens (including phenoxy) is 1. The van der Waals surface area contributed by atoms with Gasteiger partial charge in [-0.15, -0.1) is 0 Å². The van der Waals surface area contributed by atoms with E-state index in [1.54, 1.807) is 32.9 Å². The molecule has 1 unspecified atom stereocenters. The Hall–Kier alpha value is -3.06. The lowest BCUT2D eigenvalue weighted by Crippen LogP contribution is -2.44. The normalized spacial score (nSPS) is 12.6. The highest BCUT2D eigenvalue weighted by atomic mass is 35.5. The molecule has 0 spiro atoms. The Morgan fingerprint density at radius 3 is 2.47 bits per heavy atom. The van der Waals surface area contributed by atoms with Gasteiger partial charge in [0.2, 0.25) is 0 Å². The Morgan fingerprint density at radius 2 is 1.87 bits per heavy atom. The Kier molecular flexibility index (Phi) is 6.03. The van der Waals surface area contributed by atoms with Gasteiger partial charge in [-0.2, -0.15) is 0 Å². The van der Waals surface area contributed by atoms with Crippen LogP contribution >= 0.6 is 11.6 Å². The summed E-state index contributed by atoms with van der Waals surface area (Å²) in [6.45, 7) is 7.09. The number of carboxylic acids is 1. The fraction of sp³-hybridized carbons (Fsp3) is 0.318. The highest BCUT2D eigenvalue weighted by Crippen LogP contribution is 2.27. The van der Waals surface area contributed by atoms with E-state index in [4.69, 9.17) is 16.3 Å². The van der Waals surface area contributed by atoms with Crippen LogP contribution in [0.1, 0.15) is 32.0 Å². The Balaban J connectivity index is 2.02. The standard InChI is InChI=1S/C22H24ClN3O4/c1-13-5-10-18-25-19(14-6-8-15(23)9-7-14)17(26(18)12-13)11-16(20(27)28)24-21(29)30-22(2,3)4/h5-10,12,16H,11H2,1-4H3,(H,24,29)(H,27,28). The number of carbonyl (C=O) groups excluding carboxylic acids is 1. The van der Waals surface area contributed by atoms with E-state index in [9.17, 15) is 14.7 Å². The molecule has 0 fully saturated rings. The van der Waals surface area contributed by atoms with E-state index in [1.165, 1.54) is 0 Å². The molecule has 0 saturated carbocycles. The zero-order chi connectivity index (χ0) is 22.1. The third-order valence-electron chi connectivity index (χ3n) is 4.37. The number of amides is 1. The summed E-state index contributed by atoms with van der Waals surface area (Å²) >= 11 is 6.01. The second kappa shape index (κ2) is 8.36. The predicted octanol–water partition coefficient (Wildman–Crippen LogP) is 4.48. The van der Waals surface area contributed by atoms with Gasteiger partial charge in [-0.25, -0.2) is 14.6 Å². The van der Waals surface area contributed by atoms with Gasteiger partial charge < -0.3 is 19.6 Å². The summed E-state index contributed by atoms with van der Waals surface area (Å²) in [5.41, 5.74) is 3.05. The average Bonchev–Trinajstić information content (AvgIpc) is 2.98. The lowest BCUT2D eigenvalue weighted by atomic mass is 10.0. The fourth-order valence-corrected chi connectivity index (χ4v) is 3.20. The quantitative estimate of drug-likeness (QED) is 0.623. The van der Waals surface area contributed by atoms with Crippen LogP contribution in [0.5, 0.6) is 0 Å². The van der Waals surface area contributed by atoms with Crippen LogP contribution in [0.3, 0.4) is 0 Å². The molecule has 0 radical (unpaired) electrons. The number of hydrogen-bond acceptors (Lipinski definition) is 4. The first kappa shape index (κ1) is 21.6. The van der Waals surface area contributed by atoms with Crippen molar-refractivity contribution in [1.82, 2.24) is 14.7 Å². The number of aliphatic carboxylic acids is 1. The van der Waals surface area contributed by atoms with Crippen molar-refractivity contribution in [2.45, 2.75) is 45.8 Å². The third-order valence-corrected chi connectivity index (χ3v) is 4.62. The van der Waals surface area contributed by atoms with Gasteiger partial charge in [-0.1, -0.05) is 29.8 Å². The maximum Gasteiger partial charge on any atom is 0.408 e. The number of carbonyl (C=O) groups is 2. The van der Waals surface area contributed by atoms with Crippen molar-refractivity contribution in [3.63, 3.8) is 0 Å². The average molecular weight is 430 g/mol. The monoisotopic (exact) mass is 429 g/mol. The maximum atomic E-state index is 12.2. The Labute approximate surface area is 179 Å². The van der Waals surface area contributed by atoms with E-state index in [0.717, 1.165) is 11.1 Å². The molecule has 7 nitrogen and oxygen atoms in total. The number of nitrogens with one attached hydrogen (secondary N) is 1. The zero-order valence-corrected chi connectivity index (χ0v) is 18.0. The summed E-state index contributed by atoms with van der Waals surface area (Å²) in [5.74, 6) is -1.16. The highest BCUT2D eigenvalue weighted by molar-refractivity contribution is 6.30. The van der Waals surface area contributed by atoms with Crippen molar-refractivity contribution >= 4 is 29.3 Å². The minimum atomic E-state index is -1.19. The van der Waals surface area contributed by atoms with Crippen LogP contribution in [0.4, 0.5) is 4.79 Å². The topological polar surface area (TPSA) is 92.9 Å². The van der Waals surface area contributed by atoms with Crippen LogP contribution in [0.15, 0.2) is 42.6 Å². The van der Waals surface area contributed by atoms with Crippen LogP contribution in [-0.4, -0.2) is 38.2 Å². The minimum Gasteiger partial charge on any atom is -0.480 e. The molecular weight excluding hydrogens is 406 g/mol. The molecule has 3 aromatic rings. The van der Waals surface area contributed by atoms with Gasteiger partial charge in [-0.05, 0) is 51.5 Å². The second-order valence-corrected chi connectivity index (χ2v) is 8.53. The number of rotatable bonds is 5. The summed E-state index contributed by atoms with van der Waals surface area (Å²) in [6.07, 6.45) is 1.13. The summed E-state index contributed by atoms with van der Waals surface area (Å²) in [5, 5.41) is 12.8. The SMILES string of the molecule is Cc1ccc2nc(-c3ccc(Cl)cc3)c(CC(NC(=O)OC(C)(C)C)C(=O)O)n2c1. The molecule has 2 heterocycles. The van der Waals surface area contributed by atoms with Crippen LogP contribution < -0.4 is 5.32 Å². The van der Waals surface area contributed by atoms with E-state index in [0.29, 0.717) is 22.1 Å². The van der Waals surface area contributed by atoms with Crippen molar-refractivity contribution in [3.05, 3.63) is 58.9 Å². The predicted molar refractivity (Wildman–Crippen MR) is 115 cm³/mol. The van der Waals surface area contributed by atoms with E-state index in [-0.39, 0.29) is 6.42 Å². The Morgan fingerprint density at radius 1 is 1.20 bits per heavy atom. The fourth-order valence-electron chi connectivity index (χ4n) is 3.08. The number of aromatic nitrogens is 2. The third kappa shape index (κ3) is 5.10. The molecule has 158 valence electrons. The molecular formula is C22H24ClN3O4. The molecule has 0 aliphatic heterocycles. The number of alkyl carbamates (subject to hydrolysis) is 1. The summed E-state index contributed by atoms with van der Waals surface area (Å²) < 4.78 is 7.07. The van der Waals surface area contributed by atoms with Gasteiger partial charge >= 0.3 is 12.1 Å². The molecule has 0 saturated heterocycles. The van der Waals surface area contributed by atoms with Crippen molar-refractivity contribution in [2.24, 2.45) is 0 Å². The van der Waals surface area contributed by atoms with Crippen LogP contribution in [0, 0.1) is 6.92 Å². The molecule has 1 aromatic carbocycles. The molecule has 1 amide bonds. The maximum absolute atomic E-state index is 12.2. The number of pyridine rings is 1. The van der Waals surface area contributed by atoms with Gasteiger partial charge in [-0.3, -0.25) is 0 Å². The first-order chi connectivity index (χ1) is 14.0.